The van der Waals surface area contributed by atoms with E-state index in [1.165, 1.54) is 17.0 Å². The van der Waals surface area contributed by atoms with Gasteiger partial charge in [0, 0.05) is 37.5 Å². The van der Waals surface area contributed by atoms with Gasteiger partial charge in [0.1, 0.15) is 11.3 Å². The highest BCUT2D eigenvalue weighted by atomic mass is 32.2. The molecule has 8 nitrogen and oxygen atoms in total. The fourth-order valence-electron chi connectivity index (χ4n) is 3.72. The third kappa shape index (κ3) is 8.38. The third-order valence-electron chi connectivity index (χ3n) is 5.62. The van der Waals surface area contributed by atoms with Crippen LogP contribution in [0, 0.1) is 0 Å². The van der Waals surface area contributed by atoms with Crippen LogP contribution in [0.2, 0.25) is 0 Å². The number of thioether (sulfide) groups is 1. The number of phenols is 1. The molecule has 0 saturated carbocycles. The Labute approximate surface area is 219 Å². The Morgan fingerprint density at radius 2 is 1.97 bits per heavy atom. The Balaban J connectivity index is 1.33. The number of aromatic amines is 1. The number of benzene rings is 2. The number of nitrogens with zero attached hydrogens (tertiary/aromatic N) is 1. The number of phenolic OH excluding ortho intramolecular Hbond substituents is 1. The van der Waals surface area contributed by atoms with Crippen molar-refractivity contribution in [1.29, 1.82) is 0 Å². The number of hydrogen-bond donors (Lipinski definition) is 5. The van der Waals surface area contributed by atoms with E-state index in [0.717, 1.165) is 29.2 Å². The molecule has 37 heavy (non-hydrogen) atoms. The maximum Gasteiger partial charge on any atom is 0.416 e. The molecule has 1 aromatic heterocycles. The summed E-state index contributed by atoms with van der Waals surface area (Å²) < 4.78 is 39.1. The molecule has 1 atom stereocenters. The van der Waals surface area contributed by atoms with Gasteiger partial charge in [0.2, 0.25) is 0 Å². The molecule has 2 aromatic carbocycles. The van der Waals surface area contributed by atoms with Crippen LogP contribution in [0.3, 0.4) is 0 Å². The van der Waals surface area contributed by atoms with Crippen LogP contribution >= 0.6 is 23.1 Å². The SMILES string of the molecule is O=C(O)N(CCCSCCNC[C@@H](O)c1ccc(O)c2[nH]c(=O)sc12)CCc1cccc(C(F)(F)F)c1. The number of aliphatic hydroxyl groups is 1. The number of carboxylic acid groups (broad SMARTS) is 1. The van der Waals surface area contributed by atoms with Crippen molar-refractivity contribution in [2.75, 3.05) is 37.7 Å². The van der Waals surface area contributed by atoms with Gasteiger partial charge in [-0.3, -0.25) is 4.79 Å². The summed E-state index contributed by atoms with van der Waals surface area (Å²) in [4.78, 5) is 26.6. The minimum Gasteiger partial charge on any atom is -0.506 e. The normalized spacial score (nSPS) is 12.6. The van der Waals surface area contributed by atoms with Gasteiger partial charge in [0.05, 0.1) is 16.4 Å². The number of alkyl halides is 3. The quantitative estimate of drug-likeness (QED) is 0.198. The average Bonchev–Trinajstić information content (AvgIpc) is 3.24. The molecule has 0 spiro atoms. The number of aromatic hydroxyl groups is 1. The van der Waals surface area contributed by atoms with Gasteiger partial charge in [0.15, 0.2) is 0 Å². The Morgan fingerprint density at radius 3 is 2.70 bits per heavy atom. The van der Waals surface area contributed by atoms with Crippen LogP contribution in [-0.2, 0) is 12.6 Å². The summed E-state index contributed by atoms with van der Waals surface area (Å²) >= 11 is 2.54. The first-order valence-corrected chi connectivity index (χ1v) is 13.5. The summed E-state index contributed by atoms with van der Waals surface area (Å²) in [6.45, 7) is 1.25. The lowest BCUT2D eigenvalue weighted by Gasteiger charge is -2.19. The number of fused-ring (bicyclic) bond motifs is 1. The molecule has 1 heterocycles. The summed E-state index contributed by atoms with van der Waals surface area (Å²) in [5.41, 5.74) is 0.548. The van der Waals surface area contributed by atoms with E-state index in [-0.39, 0.29) is 36.7 Å². The van der Waals surface area contributed by atoms with Gasteiger partial charge in [-0.15, -0.1) is 0 Å². The van der Waals surface area contributed by atoms with Gasteiger partial charge in [-0.25, -0.2) is 4.79 Å². The highest BCUT2D eigenvalue weighted by Crippen LogP contribution is 2.31. The number of rotatable bonds is 13. The van der Waals surface area contributed by atoms with Crippen LogP contribution in [0.25, 0.3) is 10.2 Å². The van der Waals surface area contributed by atoms with Gasteiger partial charge in [0.25, 0.3) is 0 Å². The third-order valence-corrected chi connectivity index (χ3v) is 7.62. The molecular formula is C24H28F3N3O5S2. The summed E-state index contributed by atoms with van der Waals surface area (Å²) in [5, 5.41) is 32.9. The predicted molar refractivity (Wildman–Crippen MR) is 139 cm³/mol. The molecule has 0 aliphatic heterocycles. The first-order valence-electron chi connectivity index (χ1n) is 11.5. The molecule has 13 heteroatoms. The fourth-order valence-corrected chi connectivity index (χ4v) is 5.47. The number of aliphatic hydroxyl groups excluding tert-OH is 1. The van der Waals surface area contributed by atoms with Crippen molar-refractivity contribution in [1.82, 2.24) is 15.2 Å². The number of carbonyl (C=O) groups is 1. The van der Waals surface area contributed by atoms with E-state index < -0.39 is 23.9 Å². The van der Waals surface area contributed by atoms with Crippen molar-refractivity contribution in [3.63, 3.8) is 0 Å². The van der Waals surface area contributed by atoms with E-state index in [2.05, 4.69) is 10.3 Å². The van der Waals surface area contributed by atoms with Crippen LogP contribution in [0.15, 0.2) is 41.2 Å². The van der Waals surface area contributed by atoms with E-state index in [4.69, 9.17) is 0 Å². The van der Waals surface area contributed by atoms with Crippen LogP contribution in [0.1, 0.15) is 29.2 Å². The Morgan fingerprint density at radius 1 is 1.19 bits per heavy atom. The molecule has 5 N–H and O–H groups in total. The lowest BCUT2D eigenvalue weighted by Crippen LogP contribution is -2.32. The number of H-pyrrole nitrogens is 1. The molecule has 0 radical (unpaired) electrons. The number of halogens is 3. The fraction of sp³-hybridized carbons (Fsp3) is 0.417. The highest BCUT2D eigenvalue weighted by Gasteiger charge is 2.30. The number of aromatic nitrogens is 1. The van der Waals surface area contributed by atoms with Gasteiger partial charge < -0.3 is 30.5 Å². The monoisotopic (exact) mass is 559 g/mol. The molecular weight excluding hydrogens is 531 g/mol. The van der Waals surface area contributed by atoms with Crippen molar-refractivity contribution < 1.29 is 33.3 Å². The smallest absolute Gasteiger partial charge is 0.416 e. The second-order valence-electron chi connectivity index (χ2n) is 8.30. The maximum atomic E-state index is 12.9. The molecule has 3 aromatic rings. The predicted octanol–water partition coefficient (Wildman–Crippen LogP) is 4.28. The van der Waals surface area contributed by atoms with Crippen molar-refractivity contribution in [3.05, 3.63) is 62.8 Å². The molecule has 202 valence electrons. The topological polar surface area (TPSA) is 126 Å². The summed E-state index contributed by atoms with van der Waals surface area (Å²) in [6, 6.07) is 7.93. The van der Waals surface area contributed by atoms with Crippen LogP contribution < -0.4 is 10.2 Å². The summed E-state index contributed by atoms with van der Waals surface area (Å²) in [5.74, 6) is 1.38. The van der Waals surface area contributed by atoms with Crippen LogP contribution in [-0.4, -0.2) is 69.0 Å². The van der Waals surface area contributed by atoms with Gasteiger partial charge >= 0.3 is 17.1 Å². The molecule has 0 unspecified atom stereocenters. The second-order valence-corrected chi connectivity index (χ2v) is 10.5. The zero-order valence-corrected chi connectivity index (χ0v) is 21.4. The molecule has 1 amide bonds. The van der Waals surface area contributed by atoms with E-state index >= 15 is 0 Å². The second kappa shape index (κ2) is 13.2. The molecule has 0 fully saturated rings. The maximum absolute atomic E-state index is 12.9. The largest absolute Gasteiger partial charge is 0.506 e. The van der Waals surface area contributed by atoms with Crippen LogP contribution in [0.5, 0.6) is 5.75 Å². The van der Waals surface area contributed by atoms with E-state index in [1.807, 2.05) is 0 Å². The van der Waals surface area contributed by atoms with Crippen molar-refractivity contribution >= 4 is 39.4 Å². The van der Waals surface area contributed by atoms with E-state index in [1.54, 1.807) is 23.9 Å². The molecule has 0 saturated heterocycles. The van der Waals surface area contributed by atoms with E-state index in [9.17, 15) is 38.1 Å². The molecule has 0 bridgehead atoms. The molecule has 3 rings (SSSR count). The van der Waals surface area contributed by atoms with Gasteiger partial charge in [-0.05, 0) is 36.3 Å². The summed E-state index contributed by atoms with van der Waals surface area (Å²) in [6.07, 6.45) is -5.61. The average molecular weight is 560 g/mol. The minimum absolute atomic E-state index is 0.0502. The molecule has 0 aliphatic carbocycles. The Bertz CT molecular complexity index is 1250. The Hall–Kier alpha value is -2.74. The van der Waals surface area contributed by atoms with E-state index in [0.29, 0.717) is 40.1 Å². The van der Waals surface area contributed by atoms with Gasteiger partial charge in [-0.1, -0.05) is 35.6 Å². The first-order chi connectivity index (χ1) is 17.6. The Kier molecular flexibility index (Phi) is 10.3. The summed E-state index contributed by atoms with van der Waals surface area (Å²) in [7, 11) is 0. The number of hydrogen-bond acceptors (Lipinski definition) is 7. The van der Waals surface area contributed by atoms with Gasteiger partial charge in [-0.2, -0.15) is 24.9 Å². The minimum atomic E-state index is -4.44. The lowest BCUT2D eigenvalue weighted by atomic mass is 10.1. The van der Waals surface area contributed by atoms with Crippen molar-refractivity contribution in [3.8, 4) is 5.75 Å². The number of nitrogens with one attached hydrogen (secondary N) is 2. The lowest BCUT2D eigenvalue weighted by molar-refractivity contribution is -0.137. The first kappa shape index (κ1) is 28.8. The zero-order valence-electron chi connectivity index (χ0n) is 19.8. The van der Waals surface area contributed by atoms with Crippen molar-refractivity contribution in [2.24, 2.45) is 0 Å². The van der Waals surface area contributed by atoms with Crippen LogP contribution in [0.4, 0.5) is 18.0 Å². The van der Waals surface area contributed by atoms with Crippen molar-refractivity contribution in [2.45, 2.75) is 25.1 Å². The zero-order chi connectivity index (χ0) is 27.0. The number of amides is 1. The standard InChI is InChI=1S/C24H28F3N3O5S2/c25-24(26,27)16-4-1-3-15(13-16)7-10-30(23(34)35)9-2-11-36-12-8-28-14-19(32)17-5-6-18(31)20-21(17)37-22(33)29-20/h1,3-6,13,19,28,31-32H,2,7-12,14H2,(H,29,33)(H,34,35)/t19-/m1/s1. The molecule has 0 aliphatic rings. The highest BCUT2D eigenvalue weighted by molar-refractivity contribution is 7.99. The number of thiazole rings is 1.